The minimum absolute atomic E-state index is 0.342. The minimum Gasteiger partial charge on any atom is -0.467 e. The van der Waals surface area contributed by atoms with E-state index in [9.17, 15) is 4.79 Å². The molecule has 0 amide bonds. The second kappa shape index (κ2) is 4.47. The number of hydrogen-bond acceptors (Lipinski definition) is 2. The van der Waals surface area contributed by atoms with Gasteiger partial charge in [-0.15, -0.1) is 0 Å². The zero-order valence-corrected chi connectivity index (χ0v) is 11.8. The van der Waals surface area contributed by atoms with Gasteiger partial charge in [0.25, 0.3) is 0 Å². The highest BCUT2D eigenvalue weighted by Gasteiger charge is 2.57. The van der Waals surface area contributed by atoms with Crippen LogP contribution in [0.4, 0.5) is 0 Å². The lowest BCUT2D eigenvalue weighted by Crippen LogP contribution is -2.50. The van der Waals surface area contributed by atoms with Crippen molar-refractivity contribution in [1.82, 2.24) is 0 Å². The molecule has 2 bridgehead atoms. The maximum absolute atomic E-state index is 11.8. The van der Waals surface area contributed by atoms with Gasteiger partial charge in [0.1, 0.15) is 0 Å². The van der Waals surface area contributed by atoms with E-state index in [2.05, 4.69) is 13.0 Å². The highest BCUT2D eigenvalue weighted by molar-refractivity contribution is 6.58. The van der Waals surface area contributed by atoms with E-state index in [0.29, 0.717) is 5.92 Å². The van der Waals surface area contributed by atoms with Crippen LogP contribution in [0.1, 0.15) is 39.0 Å². The van der Waals surface area contributed by atoms with Crippen LogP contribution in [0.5, 0.6) is 0 Å². The fourth-order valence-corrected chi connectivity index (χ4v) is 4.03. The van der Waals surface area contributed by atoms with E-state index >= 15 is 0 Å². The third-order valence-corrected chi connectivity index (χ3v) is 5.17. The van der Waals surface area contributed by atoms with E-state index in [1.54, 1.807) is 0 Å². The predicted octanol–water partition coefficient (Wildman–Crippen LogP) is 3.86. The number of esters is 1. The normalized spacial score (nSPS) is 32.9. The number of rotatable bonds is 2. The standard InChI is InChI=1S/C13H18Cl2O2/c1-9-6-10-4-3-5-12(7-9,8-10)13(14,15)11(16)17-2/h6,9H,3-5,7-8H2,1-2H3. The van der Waals surface area contributed by atoms with Gasteiger partial charge in [-0.1, -0.05) is 41.8 Å². The van der Waals surface area contributed by atoms with E-state index in [1.807, 2.05) is 0 Å². The summed E-state index contributed by atoms with van der Waals surface area (Å²) in [6, 6.07) is 0. The van der Waals surface area contributed by atoms with Gasteiger partial charge in [0.2, 0.25) is 4.33 Å². The maximum atomic E-state index is 11.8. The quantitative estimate of drug-likeness (QED) is 0.435. The van der Waals surface area contributed by atoms with Crippen LogP contribution in [-0.2, 0) is 9.53 Å². The first-order valence-corrected chi connectivity index (χ1v) is 6.83. The van der Waals surface area contributed by atoms with E-state index in [-0.39, 0.29) is 5.41 Å². The Morgan fingerprint density at radius 2 is 2.29 bits per heavy atom. The van der Waals surface area contributed by atoms with Crippen LogP contribution in [0, 0.1) is 11.3 Å². The molecule has 0 radical (unpaired) electrons. The van der Waals surface area contributed by atoms with Crippen LogP contribution in [0.15, 0.2) is 11.6 Å². The summed E-state index contributed by atoms with van der Waals surface area (Å²) >= 11 is 12.7. The Hall–Kier alpha value is -0.210. The van der Waals surface area contributed by atoms with Crippen molar-refractivity contribution in [3.05, 3.63) is 11.6 Å². The third kappa shape index (κ3) is 2.10. The zero-order valence-electron chi connectivity index (χ0n) is 10.3. The Morgan fingerprint density at radius 1 is 1.59 bits per heavy atom. The van der Waals surface area contributed by atoms with Crippen molar-refractivity contribution in [3.8, 4) is 0 Å². The lowest BCUT2D eigenvalue weighted by molar-refractivity contribution is -0.145. The van der Waals surface area contributed by atoms with Crippen molar-refractivity contribution in [2.24, 2.45) is 11.3 Å². The number of fused-ring (bicyclic) bond motifs is 2. The van der Waals surface area contributed by atoms with Gasteiger partial charge >= 0.3 is 5.97 Å². The first kappa shape index (κ1) is 13.2. The summed E-state index contributed by atoms with van der Waals surface area (Å²) in [5.41, 5.74) is 1.05. The molecule has 2 atom stereocenters. The molecule has 1 saturated carbocycles. The van der Waals surface area contributed by atoms with Crippen molar-refractivity contribution in [2.75, 3.05) is 7.11 Å². The molecule has 2 nitrogen and oxygen atoms in total. The van der Waals surface area contributed by atoms with Crippen LogP contribution in [0.25, 0.3) is 0 Å². The fourth-order valence-electron chi connectivity index (χ4n) is 3.40. The second-order valence-electron chi connectivity index (χ2n) is 5.38. The van der Waals surface area contributed by atoms with E-state index in [4.69, 9.17) is 27.9 Å². The lowest BCUT2D eigenvalue weighted by Gasteiger charge is -2.48. The average Bonchev–Trinajstić information content (AvgIpc) is 2.26. The van der Waals surface area contributed by atoms with Crippen LogP contribution in [0.3, 0.4) is 0 Å². The first-order chi connectivity index (χ1) is 7.91. The van der Waals surface area contributed by atoms with Gasteiger partial charge in [0, 0.05) is 5.41 Å². The summed E-state index contributed by atoms with van der Waals surface area (Å²) in [6.07, 6.45) is 7.06. The molecule has 4 heteroatoms. The SMILES string of the molecule is COC(=O)C(Cl)(Cl)C12CCCC(=CC(C)C1)C2. The number of methoxy groups -OCH3 is 1. The Kier molecular flexibility index (Phi) is 3.48. The molecule has 0 N–H and O–H groups in total. The molecule has 0 spiro atoms. The Morgan fingerprint density at radius 3 is 2.94 bits per heavy atom. The van der Waals surface area contributed by atoms with Gasteiger partial charge in [-0.05, 0) is 38.0 Å². The highest BCUT2D eigenvalue weighted by Crippen LogP contribution is 2.58. The molecule has 2 aliphatic carbocycles. The van der Waals surface area contributed by atoms with Crippen LogP contribution < -0.4 is 0 Å². The fraction of sp³-hybridized carbons (Fsp3) is 0.769. The molecular weight excluding hydrogens is 259 g/mol. The van der Waals surface area contributed by atoms with Gasteiger partial charge in [-0.3, -0.25) is 0 Å². The van der Waals surface area contributed by atoms with Gasteiger partial charge in [-0.25, -0.2) is 4.79 Å². The highest BCUT2D eigenvalue weighted by atomic mass is 35.5. The van der Waals surface area contributed by atoms with E-state index in [1.165, 1.54) is 12.7 Å². The molecule has 96 valence electrons. The summed E-state index contributed by atoms with van der Waals surface area (Å²) in [6.45, 7) is 2.15. The molecule has 0 heterocycles. The average molecular weight is 277 g/mol. The van der Waals surface area contributed by atoms with Crippen molar-refractivity contribution >= 4 is 29.2 Å². The number of carbonyl (C=O) groups excluding carboxylic acids is 1. The topological polar surface area (TPSA) is 26.3 Å². The Bertz CT molecular complexity index is 362. The van der Waals surface area contributed by atoms with Gasteiger partial charge < -0.3 is 4.74 Å². The summed E-state index contributed by atoms with van der Waals surface area (Å²) in [5, 5.41) is 0. The number of halogens is 2. The van der Waals surface area contributed by atoms with Crippen molar-refractivity contribution in [3.63, 3.8) is 0 Å². The number of alkyl halides is 2. The third-order valence-electron chi connectivity index (χ3n) is 4.06. The van der Waals surface area contributed by atoms with Crippen LogP contribution >= 0.6 is 23.2 Å². The summed E-state index contributed by atoms with van der Waals surface area (Å²) in [7, 11) is 1.34. The molecule has 2 unspecified atom stereocenters. The number of carbonyl (C=O) groups is 1. The number of hydrogen-bond donors (Lipinski definition) is 0. The molecule has 1 fully saturated rings. The maximum Gasteiger partial charge on any atom is 0.342 e. The molecule has 0 aromatic carbocycles. The smallest absolute Gasteiger partial charge is 0.342 e. The molecule has 0 saturated heterocycles. The van der Waals surface area contributed by atoms with Crippen LogP contribution in [-0.4, -0.2) is 17.4 Å². The molecule has 0 aromatic rings. The molecular formula is C13H18Cl2O2. The van der Waals surface area contributed by atoms with Crippen molar-refractivity contribution < 1.29 is 9.53 Å². The first-order valence-electron chi connectivity index (χ1n) is 6.07. The zero-order chi connectivity index (χ0) is 12.7. The Balaban J connectivity index is 2.35. The second-order valence-corrected chi connectivity index (χ2v) is 6.71. The monoisotopic (exact) mass is 276 g/mol. The molecule has 0 aromatic heterocycles. The largest absolute Gasteiger partial charge is 0.467 e. The minimum atomic E-state index is -1.42. The summed E-state index contributed by atoms with van der Waals surface area (Å²) < 4.78 is 3.35. The van der Waals surface area contributed by atoms with Crippen molar-refractivity contribution in [2.45, 2.75) is 43.4 Å². The lowest BCUT2D eigenvalue weighted by atomic mass is 9.61. The summed E-state index contributed by atoms with van der Waals surface area (Å²) in [5.74, 6) is -0.0863. The summed E-state index contributed by atoms with van der Waals surface area (Å²) in [4.78, 5) is 11.8. The van der Waals surface area contributed by atoms with Gasteiger partial charge in [0.05, 0.1) is 7.11 Å². The predicted molar refractivity (Wildman–Crippen MR) is 69.2 cm³/mol. The van der Waals surface area contributed by atoms with E-state index < -0.39 is 10.3 Å². The molecule has 2 rings (SSSR count). The van der Waals surface area contributed by atoms with Crippen molar-refractivity contribution in [1.29, 1.82) is 0 Å². The van der Waals surface area contributed by atoms with Crippen LogP contribution in [0.2, 0.25) is 0 Å². The molecule has 17 heavy (non-hydrogen) atoms. The number of ether oxygens (including phenoxy) is 1. The Labute approximate surface area is 112 Å². The molecule has 0 aliphatic heterocycles. The molecule has 2 aliphatic rings. The van der Waals surface area contributed by atoms with E-state index in [0.717, 1.165) is 32.1 Å². The van der Waals surface area contributed by atoms with Gasteiger partial charge in [0.15, 0.2) is 0 Å². The van der Waals surface area contributed by atoms with Gasteiger partial charge in [-0.2, -0.15) is 0 Å². The number of allylic oxidation sites excluding steroid dienone is 2.